The molecule has 0 aliphatic heterocycles. The summed E-state index contributed by atoms with van der Waals surface area (Å²) in [4.78, 5) is 23.1. The zero-order chi connectivity index (χ0) is 21.6. The molecule has 3 N–H and O–H groups in total. The zero-order valence-electron chi connectivity index (χ0n) is 16.3. The Kier molecular flexibility index (Phi) is 5.70. The fraction of sp³-hybridized carbons (Fsp3) is 0.0435. The molecule has 0 aliphatic carbocycles. The van der Waals surface area contributed by atoms with Gasteiger partial charge in [0.1, 0.15) is 11.4 Å². The van der Waals surface area contributed by atoms with Gasteiger partial charge in [-0.3, -0.25) is 9.89 Å². The van der Waals surface area contributed by atoms with Crippen LogP contribution in [-0.2, 0) is 4.79 Å². The molecule has 0 unspecified atom stereocenters. The second kappa shape index (κ2) is 8.91. The molecule has 0 atom stereocenters. The molecule has 1 heterocycles. The maximum absolute atomic E-state index is 12.4. The third kappa shape index (κ3) is 4.76. The number of nitrogens with one attached hydrogen (secondary N) is 2. The summed E-state index contributed by atoms with van der Waals surface area (Å²) in [5.41, 5.74) is 4.75. The first kappa shape index (κ1) is 19.8. The number of aromatic amines is 1. The van der Waals surface area contributed by atoms with Gasteiger partial charge in [0.05, 0.1) is 11.9 Å². The number of aliphatic carboxylic acids is 1. The van der Waals surface area contributed by atoms with Crippen molar-refractivity contribution in [3.05, 3.63) is 84.1 Å². The van der Waals surface area contributed by atoms with E-state index < -0.39 is 18.5 Å². The minimum atomic E-state index is -1.08. The van der Waals surface area contributed by atoms with Gasteiger partial charge < -0.3 is 9.84 Å². The molecule has 3 aromatic carbocycles. The van der Waals surface area contributed by atoms with Gasteiger partial charge in [0.25, 0.3) is 5.91 Å². The van der Waals surface area contributed by atoms with Crippen LogP contribution in [0.1, 0.15) is 16.1 Å². The van der Waals surface area contributed by atoms with Gasteiger partial charge in [-0.25, -0.2) is 10.2 Å². The number of hydrogen-bond donors (Lipinski definition) is 3. The monoisotopic (exact) mass is 414 g/mol. The third-order valence-electron chi connectivity index (χ3n) is 4.51. The molecule has 1 amide bonds. The number of carbonyl (C=O) groups is 2. The number of aromatic nitrogens is 2. The van der Waals surface area contributed by atoms with E-state index in [9.17, 15) is 9.59 Å². The van der Waals surface area contributed by atoms with Gasteiger partial charge in [-0.05, 0) is 35.0 Å². The summed E-state index contributed by atoms with van der Waals surface area (Å²) in [6, 6.07) is 22.4. The summed E-state index contributed by atoms with van der Waals surface area (Å²) in [6.45, 7) is -0.469. The van der Waals surface area contributed by atoms with Gasteiger partial charge in [-0.2, -0.15) is 10.2 Å². The molecule has 0 radical (unpaired) electrons. The van der Waals surface area contributed by atoms with Gasteiger partial charge in [-0.15, -0.1) is 0 Å². The second-order valence-electron chi connectivity index (χ2n) is 6.65. The van der Waals surface area contributed by atoms with Crippen molar-refractivity contribution in [2.75, 3.05) is 6.61 Å². The zero-order valence-corrected chi connectivity index (χ0v) is 16.3. The van der Waals surface area contributed by atoms with E-state index in [1.165, 1.54) is 6.21 Å². The van der Waals surface area contributed by atoms with Crippen LogP contribution in [0, 0.1) is 0 Å². The van der Waals surface area contributed by atoms with Crippen LogP contribution in [0.2, 0.25) is 0 Å². The van der Waals surface area contributed by atoms with Crippen LogP contribution in [0.4, 0.5) is 0 Å². The molecule has 0 bridgehead atoms. The predicted octanol–water partition coefficient (Wildman–Crippen LogP) is 3.46. The van der Waals surface area contributed by atoms with Crippen LogP contribution in [0.25, 0.3) is 22.0 Å². The molecule has 8 heteroatoms. The van der Waals surface area contributed by atoms with Crippen molar-refractivity contribution in [2.45, 2.75) is 0 Å². The first-order valence-electron chi connectivity index (χ1n) is 9.42. The molecule has 8 nitrogen and oxygen atoms in total. The van der Waals surface area contributed by atoms with E-state index in [-0.39, 0.29) is 5.69 Å². The van der Waals surface area contributed by atoms with E-state index in [4.69, 9.17) is 9.84 Å². The number of hydrazone groups is 1. The number of nitrogens with zero attached hydrogens (tertiary/aromatic N) is 2. The average molecular weight is 414 g/mol. The highest BCUT2D eigenvalue weighted by Crippen LogP contribution is 2.23. The highest BCUT2D eigenvalue weighted by Gasteiger charge is 2.11. The number of H-pyrrole nitrogens is 1. The molecule has 4 rings (SSSR count). The number of carboxylic acid groups (broad SMARTS) is 1. The fourth-order valence-electron chi connectivity index (χ4n) is 3.01. The van der Waals surface area contributed by atoms with Gasteiger partial charge in [0, 0.05) is 11.1 Å². The number of rotatable bonds is 7. The number of benzene rings is 3. The molecule has 31 heavy (non-hydrogen) atoms. The first-order chi connectivity index (χ1) is 15.1. The Bertz CT molecular complexity index is 1280. The van der Waals surface area contributed by atoms with Gasteiger partial charge >= 0.3 is 5.97 Å². The average Bonchev–Trinajstić information content (AvgIpc) is 3.28. The lowest BCUT2D eigenvalue weighted by molar-refractivity contribution is -0.139. The number of fused-ring (bicyclic) bond motifs is 1. The lowest BCUT2D eigenvalue weighted by Gasteiger charge is -2.06. The van der Waals surface area contributed by atoms with Crippen LogP contribution in [-0.4, -0.2) is 40.0 Å². The SMILES string of the molecule is O=C(O)COc1ccccc1/C=N/NC(=O)c1cc(-c2ccc3ccccc3c2)n[nH]1. The summed E-state index contributed by atoms with van der Waals surface area (Å²) < 4.78 is 5.20. The lowest BCUT2D eigenvalue weighted by atomic mass is 10.1. The van der Waals surface area contributed by atoms with Crippen molar-refractivity contribution in [1.29, 1.82) is 0 Å². The molecule has 0 fully saturated rings. The molecule has 0 saturated heterocycles. The van der Waals surface area contributed by atoms with E-state index in [0.717, 1.165) is 16.3 Å². The summed E-state index contributed by atoms with van der Waals surface area (Å²) >= 11 is 0. The Morgan fingerprint density at radius 2 is 1.81 bits per heavy atom. The number of carbonyl (C=O) groups excluding carboxylic acids is 1. The molecular weight excluding hydrogens is 396 g/mol. The second-order valence-corrected chi connectivity index (χ2v) is 6.65. The highest BCUT2D eigenvalue weighted by atomic mass is 16.5. The Morgan fingerprint density at radius 1 is 1.03 bits per heavy atom. The van der Waals surface area contributed by atoms with Crippen molar-refractivity contribution in [2.24, 2.45) is 5.10 Å². The minimum absolute atomic E-state index is 0.260. The lowest BCUT2D eigenvalue weighted by Crippen LogP contribution is -2.18. The van der Waals surface area contributed by atoms with Crippen LogP contribution >= 0.6 is 0 Å². The number of para-hydroxylation sites is 1. The molecule has 4 aromatic rings. The number of amides is 1. The van der Waals surface area contributed by atoms with Crippen LogP contribution < -0.4 is 10.2 Å². The molecular formula is C23H18N4O4. The van der Waals surface area contributed by atoms with E-state index in [1.807, 2.05) is 42.5 Å². The van der Waals surface area contributed by atoms with Crippen molar-refractivity contribution in [3.8, 4) is 17.0 Å². The van der Waals surface area contributed by atoms with E-state index in [1.54, 1.807) is 30.3 Å². The van der Waals surface area contributed by atoms with Gasteiger partial charge in [0.15, 0.2) is 6.61 Å². The number of ether oxygens (including phenoxy) is 1. The molecule has 154 valence electrons. The summed E-state index contributed by atoms with van der Waals surface area (Å²) in [5, 5.41) is 21.8. The maximum Gasteiger partial charge on any atom is 0.341 e. The van der Waals surface area contributed by atoms with Crippen molar-refractivity contribution < 1.29 is 19.4 Å². The molecule has 0 saturated carbocycles. The van der Waals surface area contributed by atoms with E-state index in [2.05, 4.69) is 20.7 Å². The third-order valence-corrected chi connectivity index (χ3v) is 4.51. The summed E-state index contributed by atoms with van der Waals surface area (Å²) in [6.07, 6.45) is 1.38. The van der Waals surface area contributed by atoms with Crippen LogP contribution in [0.3, 0.4) is 0 Å². The summed E-state index contributed by atoms with van der Waals surface area (Å²) in [5.74, 6) is -1.19. The van der Waals surface area contributed by atoms with Crippen molar-refractivity contribution in [3.63, 3.8) is 0 Å². The standard InChI is InChI=1S/C23H18N4O4/c28-22(29)14-31-21-8-4-3-7-18(21)13-24-27-23(30)20-12-19(25-26-20)17-10-9-15-5-1-2-6-16(15)11-17/h1-13H,14H2,(H,25,26)(H,27,30)(H,28,29)/b24-13+. The molecule has 0 aliphatic rings. The van der Waals surface area contributed by atoms with Crippen LogP contribution in [0.15, 0.2) is 77.9 Å². The summed E-state index contributed by atoms with van der Waals surface area (Å²) in [7, 11) is 0. The number of carboxylic acids is 1. The van der Waals surface area contributed by atoms with E-state index >= 15 is 0 Å². The van der Waals surface area contributed by atoms with E-state index in [0.29, 0.717) is 17.0 Å². The Balaban J connectivity index is 1.44. The van der Waals surface area contributed by atoms with Gasteiger partial charge in [-0.1, -0.05) is 48.5 Å². The molecule has 0 spiro atoms. The minimum Gasteiger partial charge on any atom is -0.481 e. The van der Waals surface area contributed by atoms with Crippen molar-refractivity contribution >= 4 is 28.9 Å². The van der Waals surface area contributed by atoms with Crippen molar-refractivity contribution in [1.82, 2.24) is 15.6 Å². The number of hydrogen-bond acceptors (Lipinski definition) is 5. The normalized spacial score (nSPS) is 11.0. The first-order valence-corrected chi connectivity index (χ1v) is 9.42. The Morgan fingerprint density at radius 3 is 2.65 bits per heavy atom. The van der Waals surface area contributed by atoms with Gasteiger partial charge in [0.2, 0.25) is 0 Å². The molecule has 1 aromatic heterocycles. The Labute approximate surface area is 177 Å². The maximum atomic E-state index is 12.4. The smallest absolute Gasteiger partial charge is 0.341 e. The quantitative estimate of drug-likeness (QED) is 0.316. The fourth-order valence-corrected chi connectivity index (χ4v) is 3.01. The Hall–Kier alpha value is -4.46. The van der Waals surface area contributed by atoms with Crippen LogP contribution in [0.5, 0.6) is 5.75 Å². The largest absolute Gasteiger partial charge is 0.481 e. The topological polar surface area (TPSA) is 117 Å². The predicted molar refractivity (Wildman–Crippen MR) is 116 cm³/mol. The highest BCUT2D eigenvalue weighted by molar-refractivity contribution is 5.95.